The van der Waals surface area contributed by atoms with Crippen LogP contribution < -0.4 is 5.73 Å². The van der Waals surface area contributed by atoms with Crippen molar-refractivity contribution in [1.82, 2.24) is 9.78 Å². The van der Waals surface area contributed by atoms with Crippen LogP contribution in [0.4, 0.5) is 5.82 Å². The molecule has 0 fully saturated rings. The number of hydrogen-bond acceptors (Lipinski definition) is 3. The molecule has 0 aliphatic carbocycles. The van der Waals surface area contributed by atoms with Gasteiger partial charge in [-0.15, -0.1) is 0 Å². The Bertz CT molecular complexity index is 806. The van der Waals surface area contributed by atoms with Gasteiger partial charge in [-0.25, -0.2) is 4.68 Å². The number of carbonyl (C=O) groups excluding carboxylic acids is 1. The number of nitrogen functional groups attached to an aromatic ring is 1. The van der Waals surface area contributed by atoms with Gasteiger partial charge in [-0.05, 0) is 18.1 Å². The van der Waals surface area contributed by atoms with Crippen molar-refractivity contribution in [2.45, 2.75) is 13.5 Å². The lowest BCUT2D eigenvalue weighted by Gasteiger charge is -2.07. The molecule has 0 amide bonds. The van der Waals surface area contributed by atoms with Gasteiger partial charge in [0.15, 0.2) is 6.29 Å². The summed E-state index contributed by atoms with van der Waals surface area (Å²) in [6.45, 7) is 2.60. The van der Waals surface area contributed by atoms with E-state index in [1.54, 1.807) is 4.68 Å². The summed E-state index contributed by atoms with van der Waals surface area (Å²) in [6, 6.07) is 17.7. The molecule has 0 unspecified atom stereocenters. The number of carbonyl (C=O) groups is 1. The molecular formula is C18H17N3O. The fourth-order valence-electron chi connectivity index (χ4n) is 2.48. The van der Waals surface area contributed by atoms with Gasteiger partial charge in [-0.3, -0.25) is 4.79 Å². The number of benzene rings is 2. The van der Waals surface area contributed by atoms with Crippen molar-refractivity contribution < 1.29 is 4.79 Å². The Kier molecular flexibility index (Phi) is 3.74. The molecule has 0 saturated heterocycles. The van der Waals surface area contributed by atoms with E-state index in [1.807, 2.05) is 61.5 Å². The van der Waals surface area contributed by atoms with Gasteiger partial charge in [0.2, 0.25) is 0 Å². The first-order valence-electron chi connectivity index (χ1n) is 7.12. The molecule has 1 aromatic heterocycles. The highest BCUT2D eigenvalue weighted by molar-refractivity contribution is 5.91. The predicted octanol–water partition coefficient (Wildman–Crippen LogP) is 3.30. The zero-order chi connectivity index (χ0) is 15.5. The van der Waals surface area contributed by atoms with E-state index in [0.29, 0.717) is 23.6 Å². The average Bonchev–Trinajstić information content (AvgIpc) is 2.86. The van der Waals surface area contributed by atoms with Gasteiger partial charge in [0.05, 0.1) is 12.1 Å². The maximum atomic E-state index is 11.4. The minimum absolute atomic E-state index is 0.400. The minimum Gasteiger partial charge on any atom is -0.383 e. The van der Waals surface area contributed by atoms with Crippen molar-refractivity contribution >= 4 is 12.1 Å². The monoisotopic (exact) mass is 291 g/mol. The molecule has 0 bridgehead atoms. The number of aromatic nitrogens is 2. The number of nitrogens with two attached hydrogens (primary N) is 1. The third-order valence-electron chi connectivity index (χ3n) is 3.78. The molecular weight excluding hydrogens is 274 g/mol. The van der Waals surface area contributed by atoms with E-state index in [-0.39, 0.29) is 0 Å². The Morgan fingerprint density at radius 2 is 1.77 bits per heavy atom. The lowest BCUT2D eigenvalue weighted by Crippen LogP contribution is -2.07. The van der Waals surface area contributed by atoms with Gasteiger partial charge < -0.3 is 5.73 Å². The molecule has 1 heterocycles. The average molecular weight is 291 g/mol. The molecule has 0 aliphatic rings. The van der Waals surface area contributed by atoms with Crippen LogP contribution in [-0.2, 0) is 6.54 Å². The zero-order valence-corrected chi connectivity index (χ0v) is 12.4. The van der Waals surface area contributed by atoms with Crippen LogP contribution in [0.1, 0.15) is 21.5 Å². The van der Waals surface area contributed by atoms with Crippen molar-refractivity contribution in [2.75, 3.05) is 5.73 Å². The SMILES string of the molecule is Cc1ccccc1Cn1nc(-c2ccccc2)c(C=O)c1N. The van der Waals surface area contributed by atoms with Gasteiger partial charge in [0, 0.05) is 5.56 Å². The van der Waals surface area contributed by atoms with Crippen molar-refractivity contribution in [1.29, 1.82) is 0 Å². The standard InChI is InChI=1S/C18H17N3O/c1-13-7-5-6-10-15(13)11-21-18(19)16(12-22)17(20-21)14-8-3-2-4-9-14/h2-10,12H,11,19H2,1H3. The molecule has 2 aromatic carbocycles. The molecule has 2 N–H and O–H groups in total. The largest absolute Gasteiger partial charge is 0.383 e. The molecule has 0 spiro atoms. The Morgan fingerprint density at radius 3 is 2.45 bits per heavy atom. The lowest BCUT2D eigenvalue weighted by atomic mass is 10.1. The molecule has 4 heteroatoms. The third-order valence-corrected chi connectivity index (χ3v) is 3.78. The van der Waals surface area contributed by atoms with Gasteiger partial charge in [0.25, 0.3) is 0 Å². The summed E-state index contributed by atoms with van der Waals surface area (Å²) in [5.41, 5.74) is 10.4. The quantitative estimate of drug-likeness (QED) is 0.750. The molecule has 4 nitrogen and oxygen atoms in total. The van der Waals surface area contributed by atoms with Crippen molar-refractivity contribution in [2.24, 2.45) is 0 Å². The van der Waals surface area contributed by atoms with E-state index >= 15 is 0 Å². The Labute approximate surface area is 129 Å². The molecule has 0 atom stereocenters. The molecule has 3 aromatic rings. The Balaban J connectivity index is 2.05. The highest BCUT2D eigenvalue weighted by Crippen LogP contribution is 2.26. The summed E-state index contributed by atoms with van der Waals surface area (Å²) in [5, 5.41) is 4.55. The van der Waals surface area contributed by atoms with Crippen LogP contribution in [0.25, 0.3) is 11.3 Å². The highest BCUT2D eigenvalue weighted by Gasteiger charge is 2.16. The highest BCUT2D eigenvalue weighted by atomic mass is 16.1. The number of nitrogens with zero attached hydrogens (tertiary/aromatic N) is 2. The second-order valence-corrected chi connectivity index (χ2v) is 5.22. The van der Waals surface area contributed by atoms with Crippen molar-refractivity contribution in [3.05, 3.63) is 71.3 Å². The second kappa shape index (κ2) is 5.85. The Morgan fingerprint density at radius 1 is 1.09 bits per heavy atom. The summed E-state index contributed by atoms with van der Waals surface area (Å²) < 4.78 is 1.69. The first-order chi connectivity index (χ1) is 10.7. The number of aryl methyl sites for hydroxylation is 1. The first-order valence-corrected chi connectivity index (χ1v) is 7.12. The van der Waals surface area contributed by atoms with Crippen molar-refractivity contribution in [3.8, 4) is 11.3 Å². The summed E-state index contributed by atoms with van der Waals surface area (Å²) >= 11 is 0. The van der Waals surface area contributed by atoms with E-state index in [1.165, 1.54) is 5.56 Å². The van der Waals surface area contributed by atoms with Gasteiger partial charge >= 0.3 is 0 Å². The maximum absolute atomic E-state index is 11.4. The molecule has 22 heavy (non-hydrogen) atoms. The van der Waals surface area contributed by atoms with Crippen LogP contribution in [-0.4, -0.2) is 16.1 Å². The van der Waals surface area contributed by atoms with E-state index < -0.39 is 0 Å². The lowest BCUT2D eigenvalue weighted by molar-refractivity contribution is 0.112. The maximum Gasteiger partial charge on any atom is 0.156 e. The summed E-state index contributed by atoms with van der Waals surface area (Å²) in [5.74, 6) is 0.400. The van der Waals surface area contributed by atoms with E-state index in [0.717, 1.165) is 17.4 Å². The van der Waals surface area contributed by atoms with Crippen LogP contribution in [0.15, 0.2) is 54.6 Å². The third kappa shape index (κ3) is 2.51. The normalized spacial score (nSPS) is 10.6. The number of anilines is 1. The predicted molar refractivity (Wildman–Crippen MR) is 87.7 cm³/mol. The topological polar surface area (TPSA) is 60.9 Å². The second-order valence-electron chi connectivity index (χ2n) is 5.22. The number of aldehydes is 1. The molecule has 0 aliphatic heterocycles. The molecule has 110 valence electrons. The van der Waals surface area contributed by atoms with Crippen LogP contribution in [0.2, 0.25) is 0 Å². The summed E-state index contributed by atoms with van der Waals surface area (Å²) in [4.78, 5) is 11.4. The minimum atomic E-state index is 0.400. The number of hydrogen-bond donors (Lipinski definition) is 1. The Hall–Kier alpha value is -2.88. The van der Waals surface area contributed by atoms with Crippen LogP contribution >= 0.6 is 0 Å². The first kappa shape index (κ1) is 14.1. The fraction of sp³-hybridized carbons (Fsp3) is 0.111. The van der Waals surface area contributed by atoms with Crippen molar-refractivity contribution in [3.63, 3.8) is 0 Å². The molecule has 3 rings (SSSR count). The van der Waals surface area contributed by atoms with Gasteiger partial charge in [0.1, 0.15) is 11.5 Å². The van der Waals surface area contributed by atoms with Crippen LogP contribution in [0, 0.1) is 6.92 Å². The van der Waals surface area contributed by atoms with Gasteiger partial charge in [-0.1, -0.05) is 54.6 Å². The molecule has 0 saturated carbocycles. The van der Waals surface area contributed by atoms with Gasteiger partial charge in [-0.2, -0.15) is 5.10 Å². The smallest absolute Gasteiger partial charge is 0.156 e. The fourth-order valence-corrected chi connectivity index (χ4v) is 2.48. The van der Waals surface area contributed by atoms with Crippen LogP contribution in [0.5, 0.6) is 0 Å². The number of rotatable bonds is 4. The molecule has 0 radical (unpaired) electrons. The summed E-state index contributed by atoms with van der Waals surface area (Å²) in [7, 11) is 0. The zero-order valence-electron chi connectivity index (χ0n) is 12.4. The van der Waals surface area contributed by atoms with E-state index in [4.69, 9.17) is 5.73 Å². The van der Waals surface area contributed by atoms with Crippen LogP contribution in [0.3, 0.4) is 0 Å². The van der Waals surface area contributed by atoms with E-state index in [9.17, 15) is 4.79 Å². The van der Waals surface area contributed by atoms with E-state index in [2.05, 4.69) is 5.10 Å². The summed E-state index contributed by atoms with van der Waals surface area (Å²) in [6.07, 6.45) is 0.777.